The van der Waals surface area contributed by atoms with Crippen LogP contribution in [0.4, 0.5) is 0 Å². The van der Waals surface area contributed by atoms with Gasteiger partial charge in [0.25, 0.3) is 5.90 Å². The summed E-state index contributed by atoms with van der Waals surface area (Å²) < 4.78 is 25.9. The zero-order valence-corrected chi connectivity index (χ0v) is 14.3. The van der Waals surface area contributed by atoms with E-state index in [1.807, 2.05) is 0 Å². The molecule has 2 aromatic rings. The summed E-state index contributed by atoms with van der Waals surface area (Å²) >= 11 is 0. The third kappa shape index (κ3) is 3.44. The zero-order chi connectivity index (χ0) is 18.7. The minimum atomic E-state index is -0.613. The van der Waals surface area contributed by atoms with Crippen LogP contribution in [-0.4, -0.2) is 32.1 Å². The summed E-state index contributed by atoms with van der Waals surface area (Å²) in [6, 6.07) is 6.47. The minimum absolute atomic E-state index is 0.0840. The number of cyclic esters (lactones) is 1. The molecular weight excluding hydrogens is 342 g/mol. The van der Waals surface area contributed by atoms with E-state index in [1.165, 1.54) is 33.5 Å². The van der Waals surface area contributed by atoms with E-state index < -0.39 is 11.9 Å². The summed E-state index contributed by atoms with van der Waals surface area (Å²) in [6.07, 6.45) is 2.96. The smallest absolute Gasteiger partial charge is 0.363 e. The van der Waals surface area contributed by atoms with Gasteiger partial charge in [-0.25, -0.2) is 9.79 Å². The number of rotatable bonds is 5. The second-order valence-electron chi connectivity index (χ2n) is 5.16. The molecule has 3 rings (SSSR count). The maximum absolute atomic E-state index is 12.0. The zero-order valence-electron chi connectivity index (χ0n) is 14.3. The highest BCUT2D eigenvalue weighted by Crippen LogP contribution is 2.39. The number of aliphatic imine (C=N–C) groups is 1. The molecule has 0 N–H and O–H groups in total. The van der Waals surface area contributed by atoms with Crippen LogP contribution >= 0.6 is 0 Å². The summed E-state index contributed by atoms with van der Waals surface area (Å²) in [5, 5.41) is 0. The van der Waals surface area contributed by atoms with Crippen molar-refractivity contribution >= 4 is 23.9 Å². The predicted octanol–water partition coefficient (Wildman–Crippen LogP) is 2.57. The molecule has 0 fully saturated rings. The number of methoxy groups -OCH3 is 2. The Kier molecular flexibility index (Phi) is 4.74. The van der Waals surface area contributed by atoms with Crippen LogP contribution in [0.1, 0.15) is 18.2 Å². The molecule has 1 aromatic heterocycles. The molecule has 0 unspecified atom stereocenters. The molecule has 8 nitrogen and oxygen atoms in total. The molecule has 0 saturated heterocycles. The van der Waals surface area contributed by atoms with E-state index in [4.69, 9.17) is 23.4 Å². The second-order valence-corrected chi connectivity index (χ2v) is 5.16. The fraction of sp³-hybridized carbons (Fsp3) is 0.167. The molecule has 0 saturated carbocycles. The van der Waals surface area contributed by atoms with Crippen LogP contribution in [0.15, 0.2) is 45.6 Å². The van der Waals surface area contributed by atoms with Gasteiger partial charge >= 0.3 is 11.9 Å². The van der Waals surface area contributed by atoms with Gasteiger partial charge in [-0.3, -0.25) is 4.79 Å². The van der Waals surface area contributed by atoms with Gasteiger partial charge in [0.2, 0.25) is 5.75 Å². The lowest BCUT2D eigenvalue weighted by Gasteiger charge is -2.13. The van der Waals surface area contributed by atoms with E-state index in [-0.39, 0.29) is 28.8 Å². The van der Waals surface area contributed by atoms with Crippen molar-refractivity contribution < 1.29 is 33.0 Å². The Labute approximate surface area is 148 Å². The van der Waals surface area contributed by atoms with Crippen molar-refractivity contribution in [2.45, 2.75) is 6.92 Å². The van der Waals surface area contributed by atoms with E-state index in [1.54, 1.807) is 24.3 Å². The molecule has 8 heteroatoms. The molecule has 0 aliphatic carbocycles. The van der Waals surface area contributed by atoms with Crippen molar-refractivity contribution in [3.63, 3.8) is 0 Å². The largest absolute Gasteiger partial charge is 0.493 e. The lowest BCUT2D eigenvalue weighted by molar-refractivity contribution is -0.132. The van der Waals surface area contributed by atoms with Crippen molar-refractivity contribution in [2.24, 2.45) is 4.99 Å². The van der Waals surface area contributed by atoms with Crippen LogP contribution in [0.2, 0.25) is 0 Å². The molecule has 0 bridgehead atoms. The molecule has 26 heavy (non-hydrogen) atoms. The molecule has 1 aliphatic heterocycles. The number of furan rings is 1. The Hall–Kier alpha value is -3.55. The Balaban J connectivity index is 2.00. The number of carbonyl (C=O) groups is 2. The topological polar surface area (TPSA) is 96.6 Å². The summed E-state index contributed by atoms with van der Waals surface area (Å²) in [4.78, 5) is 27.4. The fourth-order valence-corrected chi connectivity index (χ4v) is 2.30. The maximum atomic E-state index is 12.0. The van der Waals surface area contributed by atoms with Crippen molar-refractivity contribution in [3.05, 3.63) is 47.5 Å². The van der Waals surface area contributed by atoms with Gasteiger partial charge in [-0.1, -0.05) is 0 Å². The van der Waals surface area contributed by atoms with E-state index in [9.17, 15) is 9.59 Å². The van der Waals surface area contributed by atoms with Crippen LogP contribution in [0, 0.1) is 0 Å². The highest BCUT2D eigenvalue weighted by molar-refractivity contribution is 6.11. The standard InChI is InChI=1S/C18H15NO7/c1-10(20)25-16-14(22-2)8-11(9-15(16)23-3)7-12-18(21)26-17(19-12)13-5-4-6-24-13/h4-9H,1-3H3/b12-7-. The molecule has 0 spiro atoms. The summed E-state index contributed by atoms with van der Waals surface area (Å²) in [7, 11) is 2.85. The van der Waals surface area contributed by atoms with E-state index in [2.05, 4.69) is 4.99 Å². The quantitative estimate of drug-likeness (QED) is 0.461. The normalized spacial score (nSPS) is 14.8. The van der Waals surface area contributed by atoms with Gasteiger partial charge in [0.05, 0.1) is 20.5 Å². The average Bonchev–Trinajstić information content (AvgIpc) is 3.25. The van der Waals surface area contributed by atoms with Gasteiger partial charge in [0.1, 0.15) is 0 Å². The van der Waals surface area contributed by atoms with Crippen molar-refractivity contribution in [2.75, 3.05) is 14.2 Å². The van der Waals surface area contributed by atoms with Crippen molar-refractivity contribution in [1.82, 2.24) is 0 Å². The van der Waals surface area contributed by atoms with Crippen molar-refractivity contribution in [3.8, 4) is 17.2 Å². The number of ether oxygens (including phenoxy) is 4. The van der Waals surface area contributed by atoms with Crippen molar-refractivity contribution in [1.29, 1.82) is 0 Å². The predicted molar refractivity (Wildman–Crippen MR) is 90.2 cm³/mol. The third-order valence-electron chi connectivity index (χ3n) is 3.38. The highest BCUT2D eigenvalue weighted by Gasteiger charge is 2.26. The first-order valence-corrected chi connectivity index (χ1v) is 7.52. The third-order valence-corrected chi connectivity index (χ3v) is 3.38. The Morgan fingerprint density at radius 3 is 2.42 bits per heavy atom. The van der Waals surface area contributed by atoms with Crippen LogP contribution in [-0.2, 0) is 14.3 Å². The SMILES string of the molecule is COc1cc(/C=C2\N=C(c3ccco3)OC2=O)cc(OC)c1OC(C)=O. The first-order valence-electron chi connectivity index (χ1n) is 7.52. The summed E-state index contributed by atoms with van der Waals surface area (Å²) in [5.74, 6) is 0.00131. The fourth-order valence-electron chi connectivity index (χ4n) is 2.30. The molecule has 0 amide bonds. The molecule has 1 aromatic carbocycles. The first-order chi connectivity index (χ1) is 12.5. The Morgan fingerprint density at radius 1 is 1.19 bits per heavy atom. The van der Waals surface area contributed by atoms with E-state index in [0.717, 1.165) is 0 Å². The maximum Gasteiger partial charge on any atom is 0.363 e. The first kappa shape index (κ1) is 17.3. The van der Waals surface area contributed by atoms with Crippen LogP contribution < -0.4 is 14.2 Å². The molecule has 0 radical (unpaired) electrons. The van der Waals surface area contributed by atoms with E-state index in [0.29, 0.717) is 11.3 Å². The number of hydrogen-bond acceptors (Lipinski definition) is 8. The lowest BCUT2D eigenvalue weighted by Crippen LogP contribution is -2.05. The van der Waals surface area contributed by atoms with Crippen LogP contribution in [0.5, 0.6) is 17.2 Å². The molecule has 0 atom stereocenters. The van der Waals surface area contributed by atoms with Gasteiger partial charge in [0, 0.05) is 6.92 Å². The second kappa shape index (κ2) is 7.14. The van der Waals surface area contributed by atoms with Gasteiger partial charge in [-0.05, 0) is 35.9 Å². The summed E-state index contributed by atoms with van der Waals surface area (Å²) in [6.45, 7) is 1.27. The highest BCUT2D eigenvalue weighted by atomic mass is 16.6. The van der Waals surface area contributed by atoms with Crippen LogP contribution in [0.25, 0.3) is 6.08 Å². The Bertz CT molecular complexity index is 885. The van der Waals surface area contributed by atoms with Gasteiger partial charge in [0.15, 0.2) is 23.0 Å². The number of hydrogen-bond donors (Lipinski definition) is 0. The van der Waals surface area contributed by atoms with Gasteiger partial charge in [-0.2, -0.15) is 0 Å². The average molecular weight is 357 g/mol. The lowest BCUT2D eigenvalue weighted by atomic mass is 10.1. The Morgan fingerprint density at radius 2 is 1.88 bits per heavy atom. The van der Waals surface area contributed by atoms with Gasteiger partial charge < -0.3 is 23.4 Å². The molecular formula is C18H15NO7. The summed E-state index contributed by atoms with van der Waals surface area (Å²) in [5.41, 5.74) is 0.631. The van der Waals surface area contributed by atoms with Gasteiger partial charge in [-0.15, -0.1) is 0 Å². The number of carbonyl (C=O) groups excluding carboxylic acids is 2. The molecule has 134 valence electrons. The monoisotopic (exact) mass is 357 g/mol. The number of nitrogens with zero attached hydrogens (tertiary/aromatic N) is 1. The molecule has 1 aliphatic rings. The van der Waals surface area contributed by atoms with Crippen LogP contribution in [0.3, 0.4) is 0 Å². The minimum Gasteiger partial charge on any atom is -0.493 e. The molecule has 2 heterocycles. The van der Waals surface area contributed by atoms with E-state index >= 15 is 0 Å². The number of benzene rings is 1. The number of esters is 2.